The predicted molar refractivity (Wildman–Crippen MR) is 126 cm³/mol. The van der Waals surface area contributed by atoms with Gasteiger partial charge in [0.15, 0.2) is 23.0 Å². The second-order valence-electron chi connectivity index (χ2n) is 10.1. The normalized spacial score (nSPS) is 32.4. The molecule has 0 bridgehead atoms. The number of primary amides is 1. The number of nitrogen functional groups attached to an aromatic ring is 1. The first-order valence-corrected chi connectivity index (χ1v) is 11.3. The first-order chi connectivity index (χ1) is 16.4. The first kappa shape index (κ1) is 23.1. The van der Waals surface area contributed by atoms with Gasteiger partial charge >= 0.3 is 0 Å². The highest BCUT2D eigenvalue weighted by atomic mass is 16.3. The van der Waals surface area contributed by atoms with Crippen LogP contribution in [0.2, 0.25) is 0 Å². The van der Waals surface area contributed by atoms with Gasteiger partial charge in [-0.3, -0.25) is 24.1 Å². The standard InChI is InChI=1S/C25H26N4O6/c1-29(2)18-14-8-11-6-10-5-9-7-12(26)3-4-13(9)19(30)15(10)20(31)16(11)23(33)25(14,35)22(27)17(21(18)32)24(28)34/h3-5,7,11,14,16-18,27,30,35H,6,8,26H2,1-2H3,(H2,28,34). The molecule has 2 aromatic rings. The fourth-order valence-corrected chi connectivity index (χ4v) is 6.46. The molecule has 182 valence electrons. The molecule has 0 radical (unpaired) electrons. The number of carbonyl (C=O) groups is 4. The number of hydrogen-bond donors (Lipinski definition) is 5. The fourth-order valence-electron chi connectivity index (χ4n) is 6.46. The predicted octanol–water partition coefficient (Wildman–Crippen LogP) is 0.0531. The van der Waals surface area contributed by atoms with Crippen LogP contribution in [-0.2, 0) is 20.8 Å². The summed E-state index contributed by atoms with van der Waals surface area (Å²) in [6, 6.07) is 5.59. The van der Waals surface area contributed by atoms with Gasteiger partial charge in [-0.05, 0) is 62.0 Å². The van der Waals surface area contributed by atoms with Gasteiger partial charge in [0.05, 0.1) is 23.2 Å². The monoisotopic (exact) mass is 478 g/mol. The van der Waals surface area contributed by atoms with Crippen molar-refractivity contribution >= 4 is 45.4 Å². The SMILES string of the molecule is CN(C)C1C(=O)C(C(N)=O)C(=N)C2(O)C(=O)C3C(=O)c4c(cc5cc(N)ccc5c4O)CC3CC12. The van der Waals surface area contributed by atoms with Gasteiger partial charge in [-0.2, -0.15) is 0 Å². The van der Waals surface area contributed by atoms with Crippen molar-refractivity contribution in [3.8, 4) is 5.75 Å². The number of hydrogen-bond acceptors (Lipinski definition) is 9. The number of Topliss-reactive ketones (excluding diaryl/α,β-unsaturated/α-hetero) is 3. The van der Waals surface area contributed by atoms with Crippen LogP contribution in [0.1, 0.15) is 22.3 Å². The van der Waals surface area contributed by atoms with Crippen LogP contribution in [-0.4, -0.2) is 69.8 Å². The van der Waals surface area contributed by atoms with Crippen molar-refractivity contribution < 1.29 is 29.4 Å². The third kappa shape index (κ3) is 2.93. The number of benzene rings is 2. The minimum Gasteiger partial charge on any atom is -0.507 e. The van der Waals surface area contributed by atoms with E-state index in [1.807, 2.05) is 0 Å². The Labute approximate surface area is 200 Å². The summed E-state index contributed by atoms with van der Waals surface area (Å²) in [7, 11) is 3.17. The summed E-state index contributed by atoms with van der Waals surface area (Å²) in [6.45, 7) is 0. The van der Waals surface area contributed by atoms with Gasteiger partial charge in [0.1, 0.15) is 11.7 Å². The lowest BCUT2D eigenvalue weighted by Gasteiger charge is -2.53. The molecular formula is C25H26N4O6. The number of ketones is 3. The smallest absolute Gasteiger partial charge is 0.233 e. The molecule has 7 N–H and O–H groups in total. The highest BCUT2D eigenvalue weighted by molar-refractivity contribution is 6.33. The van der Waals surface area contributed by atoms with Gasteiger partial charge in [0, 0.05) is 17.0 Å². The van der Waals surface area contributed by atoms with E-state index in [2.05, 4.69) is 0 Å². The molecule has 0 heterocycles. The van der Waals surface area contributed by atoms with Crippen molar-refractivity contribution in [2.75, 3.05) is 19.8 Å². The molecule has 1 amide bonds. The van der Waals surface area contributed by atoms with E-state index in [1.165, 1.54) is 4.90 Å². The van der Waals surface area contributed by atoms with Crippen LogP contribution in [0.5, 0.6) is 5.75 Å². The fraction of sp³-hybridized carbons (Fsp3) is 0.400. The molecule has 10 nitrogen and oxygen atoms in total. The second kappa shape index (κ2) is 7.43. The van der Waals surface area contributed by atoms with Crippen LogP contribution < -0.4 is 11.5 Å². The number of nitrogens with one attached hydrogen (secondary N) is 1. The zero-order chi connectivity index (χ0) is 25.6. The van der Waals surface area contributed by atoms with E-state index in [0.29, 0.717) is 22.0 Å². The van der Waals surface area contributed by atoms with E-state index in [9.17, 15) is 29.4 Å². The number of aromatic hydroxyl groups is 1. The van der Waals surface area contributed by atoms with E-state index in [-0.39, 0.29) is 24.2 Å². The Morgan fingerprint density at radius 1 is 1.20 bits per heavy atom. The lowest BCUT2D eigenvalue weighted by Crippen LogP contribution is -2.73. The third-order valence-electron chi connectivity index (χ3n) is 7.95. The Morgan fingerprint density at radius 2 is 1.89 bits per heavy atom. The molecule has 2 aromatic carbocycles. The second-order valence-corrected chi connectivity index (χ2v) is 10.1. The molecule has 3 aliphatic rings. The summed E-state index contributed by atoms with van der Waals surface area (Å²) in [4.78, 5) is 54.2. The maximum Gasteiger partial charge on any atom is 0.233 e. The third-order valence-corrected chi connectivity index (χ3v) is 7.95. The van der Waals surface area contributed by atoms with Crippen molar-refractivity contribution in [1.82, 2.24) is 4.90 Å². The lowest BCUT2D eigenvalue weighted by atomic mass is 9.52. The molecule has 6 atom stereocenters. The molecule has 35 heavy (non-hydrogen) atoms. The number of rotatable bonds is 2. The van der Waals surface area contributed by atoms with Gasteiger partial charge in [0.25, 0.3) is 0 Å². The maximum atomic E-state index is 13.8. The number of nitrogens with two attached hydrogens (primary N) is 2. The number of fused-ring (bicyclic) bond motifs is 4. The van der Waals surface area contributed by atoms with Crippen molar-refractivity contribution in [1.29, 1.82) is 5.41 Å². The Hall–Kier alpha value is -3.63. The van der Waals surface area contributed by atoms with Crippen molar-refractivity contribution in [2.45, 2.75) is 24.5 Å². The Balaban J connectivity index is 1.67. The molecule has 2 fully saturated rings. The molecule has 0 saturated heterocycles. The number of nitrogens with zero attached hydrogens (tertiary/aromatic N) is 1. The van der Waals surface area contributed by atoms with Gasteiger partial charge < -0.3 is 27.1 Å². The number of likely N-dealkylation sites (N-methyl/N-ethyl adjacent to an activating group) is 1. The van der Waals surface area contributed by atoms with E-state index in [1.54, 1.807) is 38.4 Å². The quantitative estimate of drug-likeness (QED) is 0.296. The van der Waals surface area contributed by atoms with Gasteiger partial charge in [0.2, 0.25) is 5.91 Å². The molecule has 6 unspecified atom stereocenters. The van der Waals surface area contributed by atoms with E-state index in [0.717, 1.165) is 0 Å². The Morgan fingerprint density at radius 3 is 2.51 bits per heavy atom. The highest BCUT2D eigenvalue weighted by Crippen LogP contribution is 2.51. The minimum atomic E-state index is -2.50. The molecule has 0 aliphatic heterocycles. The maximum absolute atomic E-state index is 13.8. The van der Waals surface area contributed by atoms with E-state index in [4.69, 9.17) is 16.9 Å². The molecule has 5 rings (SSSR count). The van der Waals surface area contributed by atoms with Crippen LogP contribution in [0.25, 0.3) is 10.8 Å². The van der Waals surface area contributed by atoms with Gasteiger partial charge in [-0.1, -0.05) is 6.07 Å². The zero-order valence-electron chi connectivity index (χ0n) is 19.2. The molecule has 0 aromatic heterocycles. The Bertz CT molecular complexity index is 1370. The van der Waals surface area contributed by atoms with Gasteiger partial charge in [-0.25, -0.2) is 0 Å². The first-order valence-electron chi connectivity index (χ1n) is 11.3. The summed E-state index contributed by atoms with van der Waals surface area (Å²) in [5.74, 6) is -8.29. The molecule has 0 spiro atoms. The van der Waals surface area contributed by atoms with Crippen LogP contribution in [0, 0.1) is 29.1 Å². The van der Waals surface area contributed by atoms with Crippen molar-refractivity contribution in [3.05, 3.63) is 35.4 Å². The topological polar surface area (TPSA) is 188 Å². The summed E-state index contributed by atoms with van der Waals surface area (Å²) in [5.41, 5.74) is 9.05. The number of phenolic OH excluding ortho intramolecular Hbond substituents is 1. The number of aliphatic hydroxyl groups is 1. The molecular weight excluding hydrogens is 452 g/mol. The van der Waals surface area contributed by atoms with Crippen LogP contribution in [0.4, 0.5) is 5.69 Å². The number of phenols is 1. The van der Waals surface area contributed by atoms with Gasteiger partial charge in [-0.15, -0.1) is 0 Å². The Kier molecular flexibility index (Phi) is 4.91. The average molecular weight is 479 g/mol. The van der Waals surface area contributed by atoms with Crippen molar-refractivity contribution in [2.24, 2.45) is 29.4 Å². The number of carbonyl (C=O) groups excluding carboxylic acids is 4. The van der Waals surface area contributed by atoms with E-state index < -0.39 is 64.3 Å². The van der Waals surface area contributed by atoms with Crippen LogP contribution >= 0.6 is 0 Å². The summed E-state index contributed by atoms with van der Waals surface area (Å²) < 4.78 is 0. The largest absolute Gasteiger partial charge is 0.507 e. The molecule has 2 saturated carbocycles. The summed E-state index contributed by atoms with van der Waals surface area (Å²) >= 11 is 0. The minimum absolute atomic E-state index is 0.00736. The van der Waals surface area contributed by atoms with Crippen LogP contribution in [0.3, 0.4) is 0 Å². The lowest BCUT2D eigenvalue weighted by molar-refractivity contribution is -0.157. The highest BCUT2D eigenvalue weighted by Gasteiger charge is 2.67. The summed E-state index contributed by atoms with van der Waals surface area (Å²) in [5, 5.41) is 32.2. The van der Waals surface area contributed by atoms with Crippen molar-refractivity contribution in [3.63, 3.8) is 0 Å². The zero-order valence-corrected chi connectivity index (χ0v) is 19.2. The average Bonchev–Trinajstić information content (AvgIpc) is 2.75. The number of amides is 1. The molecule has 10 heteroatoms. The number of anilines is 1. The van der Waals surface area contributed by atoms with E-state index >= 15 is 0 Å². The molecule has 3 aliphatic carbocycles. The van der Waals surface area contributed by atoms with Crippen LogP contribution in [0.15, 0.2) is 24.3 Å². The summed E-state index contributed by atoms with van der Waals surface area (Å²) in [6.07, 6.45) is 0.347.